The van der Waals surface area contributed by atoms with Gasteiger partial charge in [0.1, 0.15) is 18.1 Å². The zero-order valence-corrected chi connectivity index (χ0v) is 14.2. The smallest absolute Gasteiger partial charge is 0.228 e. The summed E-state index contributed by atoms with van der Waals surface area (Å²) in [4.78, 5) is 12.1. The predicted molar refractivity (Wildman–Crippen MR) is 92.2 cm³/mol. The lowest BCUT2D eigenvalue weighted by atomic mass is 10.2. The fourth-order valence-corrected chi connectivity index (χ4v) is 2.13. The molecular formula is C18H20ClNO3. The third-order valence-electron chi connectivity index (χ3n) is 3.26. The summed E-state index contributed by atoms with van der Waals surface area (Å²) in [6.45, 7) is 6.27. The van der Waals surface area contributed by atoms with Gasteiger partial charge in [-0.15, -0.1) is 0 Å². The molecule has 0 aliphatic rings. The lowest BCUT2D eigenvalue weighted by Crippen LogP contribution is -2.14. The van der Waals surface area contributed by atoms with Crippen molar-refractivity contribution < 1.29 is 13.9 Å². The second-order valence-corrected chi connectivity index (χ2v) is 5.87. The largest absolute Gasteiger partial charge is 0.488 e. The van der Waals surface area contributed by atoms with E-state index in [2.05, 4.69) is 5.32 Å². The highest BCUT2D eigenvalue weighted by molar-refractivity contribution is 6.32. The molecule has 1 N–H and O–H groups in total. The van der Waals surface area contributed by atoms with Crippen molar-refractivity contribution in [3.05, 3.63) is 58.5 Å². The van der Waals surface area contributed by atoms with Crippen LogP contribution in [0, 0.1) is 6.92 Å². The number of hydrogen-bond donors (Lipinski definition) is 1. The van der Waals surface area contributed by atoms with Crippen LogP contribution in [0.3, 0.4) is 0 Å². The van der Waals surface area contributed by atoms with E-state index in [4.69, 9.17) is 20.8 Å². The summed E-state index contributed by atoms with van der Waals surface area (Å²) in [5.41, 5.74) is 2.69. The fraction of sp³-hybridized carbons (Fsp3) is 0.278. The number of nitrogens with one attached hydrogen (secondary N) is 1. The number of amides is 1. The molecule has 2 aromatic rings. The number of carbonyl (C=O) groups excluding carboxylic acids is 1. The minimum Gasteiger partial charge on any atom is -0.488 e. The molecule has 1 amide bonds. The van der Waals surface area contributed by atoms with Crippen molar-refractivity contribution in [2.24, 2.45) is 0 Å². The number of hydrogen-bond acceptors (Lipinski definition) is 3. The number of benzene rings is 1. The van der Waals surface area contributed by atoms with E-state index in [1.54, 1.807) is 30.5 Å². The second-order valence-electron chi connectivity index (χ2n) is 5.46. The maximum absolute atomic E-state index is 12.1. The van der Waals surface area contributed by atoms with Crippen molar-refractivity contribution in [2.45, 2.75) is 27.2 Å². The Hall–Kier alpha value is -2.20. The number of ether oxygens (including phenoxy) is 1. The molecule has 0 saturated carbocycles. The van der Waals surface area contributed by atoms with Crippen molar-refractivity contribution in [3.8, 4) is 5.75 Å². The molecule has 0 aliphatic heterocycles. The van der Waals surface area contributed by atoms with E-state index < -0.39 is 0 Å². The van der Waals surface area contributed by atoms with Gasteiger partial charge in [-0.2, -0.15) is 0 Å². The molecule has 1 heterocycles. The Labute approximate surface area is 141 Å². The number of halogens is 1. The molecule has 2 rings (SSSR count). The quantitative estimate of drug-likeness (QED) is 0.775. The Kier molecular flexibility index (Phi) is 5.88. The van der Waals surface area contributed by atoms with Crippen LogP contribution in [-0.4, -0.2) is 12.5 Å². The van der Waals surface area contributed by atoms with Crippen molar-refractivity contribution in [3.63, 3.8) is 0 Å². The van der Waals surface area contributed by atoms with Crippen molar-refractivity contribution in [1.29, 1.82) is 0 Å². The first-order valence-corrected chi connectivity index (χ1v) is 7.72. The van der Waals surface area contributed by atoms with Gasteiger partial charge in [-0.25, -0.2) is 0 Å². The minimum absolute atomic E-state index is 0.118. The second kappa shape index (κ2) is 7.88. The first-order valence-electron chi connectivity index (χ1n) is 7.34. The molecule has 0 saturated heterocycles. The number of rotatable bonds is 6. The molecule has 1 aromatic carbocycles. The number of anilines is 1. The van der Waals surface area contributed by atoms with Crippen LogP contribution < -0.4 is 10.1 Å². The Morgan fingerprint density at radius 1 is 1.35 bits per heavy atom. The molecule has 1 aromatic heterocycles. The lowest BCUT2D eigenvalue weighted by Gasteiger charge is -2.10. The lowest BCUT2D eigenvalue weighted by molar-refractivity contribution is -0.115. The van der Waals surface area contributed by atoms with Crippen LogP contribution >= 0.6 is 11.6 Å². The fourth-order valence-electron chi connectivity index (χ4n) is 1.96. The van der Waals surface area contributed by atoms with Gasteiger partial charge in [0.15, 0.2) is 0 Å². The average molecular weight is 334 g/mol. The van der Waals surface area contributed by atoms with Gasteiger partial charge in [0.2, 0.25) is 5.91 Å². The summed E-state index contributed by atoms with van der Waals surface area (Å²) >= 11 is 6.11. The molecule has 122 valence electrons. The summed E-state index contributed by atoms with van der Waals surface area (Å²) in [5, 5.41) is 3.35. The molecule has 0 fully saturated rings. The van der Waals surface area contributed by atoms with Gasteiger partial charge in [0.05, 0.1) is 17.7 Å². The SMILES string of the molecule is CC(C)=CCOc1cc(NC(=O)Cc2ccoc2C)ccc1Cl. The van der Waals surface area contributed by atoms with Gasteiger partial charge < -0.3 is 14.5 Å². The van der Waals surface area contributed by atoms with E-state index in [9.17, 15) is 4.79 Å². The molecule has 4 nitrogen and oxygen atoms in total. The van der Waals surface area contributed by atoms with Crippen molar-refractivity contribution >= 4 is 23.2 Å². The molecule has 23 heavy (non-hydrogen) atoms. The number of aryl methyl sites for hydroxylation is 1. The number of allylic oxidation sites excluding steroid dienone is 1. The minimum atomic E-state index is -0.118. The zero-order valence-electron chi connectivity index (χ0n) is 13.5. The van der Waals surface area contributed by atoms with Gasteiger partial charge in [-0.3, -0.25) is 4.79 Å². The molecule has 0 atom stereocenters. The third-order valence-corrected chi connectivity index (χ3v) is 3.57. The normalized spacial score (nSPS) is 10.3. The van der Waals surface area contributed by atoms with Crippen LogP contribution in [0.5, 0.6) is 5.75 Å². The molecule has 0 unspecified atom stereocenters. The number of furan rings is 1. The molecule has 0 aliphatic carbocycles. The third kappa shape index (κ3) is 5.18. The molecule has 0 spiro atoms. The Morgan fingerprint density at radius 3 is 2.78 bits per heavy atom. The Balaban J connectivity index is 2.01. The standard InChI is InChI=1S/C18H20ClNO3/c1-12(2)6-8-23-17-11-15(4-5-16(17)19)20-18(21)10-14-7-9-22-13(14)3/h4-7,9,11H,8,10H2,1-3H3,(H,20,21). The van der Waals surface area contributed by atoms with E-state index in [1.165, 1.54) is 5.57 Å². The van der Waals surface area contributed by atoms with Gasteiger partial charge in [-0.05, 0) is 45.0 Å². The highest BCUT2D eigenvalue weighted by atomic mass is 35.5. The highest BCUT2D eigenvalue weighted by Crippen LogP contribution is 2.28. The Morgan fingerprint density at radius 2 is 2.13 bits per heavy atom. The number of carbonyl (C=O) groups is 1. The highest BCUT2D eigenvalue weighted by Gasteiger charge is 2.10. The summed E-state index contributed by atoms with van der Waals surface area (Å²) < 4.78 is 10.8. The maximum atomic E-state index is 12.1. The zero-order chi connectivity index (χ0) is 16.8. The Bertz CT molecular complexity index is 715. The van der Waals surface area contributed by atoms with E-state index >= 15 is 0 Å². The van der Waals surface area contributed by atoms with Crippen LogP contribution in [0.1, 0.15) is 25.2 Å². The molecule has 5 heteroatoms. The van der Waals surface area contributed by atoms with Gasteiger partial charge in [0.25, 0.3) is 0 Å². The van der Waals surface area contributed by atoms with Crippen LogP contribution in [0.4, 0.5) is 5.69 Å². The molecule has 0 bridgehead atoms. The van der Waals surface area contributed by atoms with E-state index in [0.29, 0.717) is 23.1 Å². The van der Waals surface area contributed by atoms with Crippen molar-refractivity contribution in [2.75, 3.05) is 11.9 Å². The predicted octanol–water partition coefficient (Wildman–Crippen LogP) is 4.77. The summed E-state index contributed by atoms with van der Waals surface area (Å²) in [6, 6.07) is 6.97. The summed E-state index contributed by atoms with van der Waals surface area (Å²) in [6.07, 6.45) is 3.80. The van der Waals surface area contributed by atoms with E-state index in [-0.39, 0.29) is 12.3 Å². The summed E-state index contributed by atoms with van der Waals surface area (Å²) in [5.74, 6) is 1.18. The van der Waals surface area contributed by atoms with E-state index in [1.807, 2.05) is 26.8 Å². The van der Waals surface area contributed by atoms with Crippen molar-refractivity contribution in [1.82, 2.24) is 0 Å². The molecule has 0 radical (unpaired) electrons. The van der Waals surface area contributed by atoms with Crippen LogP contribution in [-0.2, 0) is 11.2 Å². The average Bonchev–Trinajstić information content (AvgIpc) is 2.87. The van der Waals surface area contributed by atoms with Crippen LogP contribution in [0.2, 0.25) is 5.02 Å². The van der Waals surface area contributed by atoms with E-state index in [0.717, 1.165) is 11.3 Å². The maximum Gasteiger partial charge on any atom is 0.228 e. The summed E-state index contributed by atoms with van der Waals surface area (Å²) in [7, 11) is 0. The molecular weight excluding hydrogens is 314 g/mol. The first kappa shape index (κ1) is 17.2. The van der Waals surface area contributed by atoms with Gasteiger partial charge in [-0.1, -0.05) is 17.2 Å². The topological polar surface area (TPSA) is 51.5 Å². The van der Waals surface area contributed by atoms with Crippen LogP contribution in [0.25, 0.3) is 0 Å². The monoisotopic (exact) mass is 333 g/mol. The van der Waals surface area contributed by atoms with Gasteiger partial charge in [0, 0.05) is 17.3 Å². The first-order chi connectivity index (χ1) is 11.0. The van der Waals surface area contributed by atoms with Crippen LogP contribution in [0.15, 0.2) is 46.6 Å². The van der Waals surface area contributed by atoms with Gasteiger partial charge >= 0.3 is 0 Å².